The number of hydrogen-bond donors (Lipinski definition) is 0. The smallest absolute Gasteiger partial charge is 0.208 e. The van der Waals surface area contributed by atoms with Crippen molar-refractivity contribution in [3.05, 3.63) is 34.3 Å². The molecule has 0 N–H and O–H groups in total. The molecule has 16 heavy (non-hydrogen) atoms. The van der Waals surface area contributed by atoms with Crippen molar-refractivity contribution in [3.63, 3.8) is 0 Å². The Morgan fingerprint density at radius 3 is 2.88 bits per heavy atom. The van der Waals surface area contributed by atoms with E-state index in [9.17, 15) is 4.39 Å². The van der Waals surface area contributed by atoms with Gasteiger partial charge in [0, 0.05) is 10.9 Å². The van der Waals surface area contributed by atoms with Gasteiger partial charge < -0.3 is 4.42 Å². The molecule has 0 fully saturated rings. The Kier molecular flexibility index (Phi) is 2.84. The summed E-state index contributed by atoms with van der Waals surface area (Å²) in [4.78, 5) is 0. The summed E-state index contributed by atoms with van der Waals surface area (Å²) in [6.07, 6.45) is 1.53. The Morgan fingerprint density at radius 1 is 1.50 bits per heavy atom. The van der Waals surface area contributed by atoms with Crippen LogP contribution in [0.3, 0.4) is 0 Å². The van der Waals surface area contributed by atoms with Crippen LogP contribution in [0.5, 0.6) is 0 Å². The minimum absolute atomic E-state index is 0.203. The fourth-order valence-electron chi connectivity index (χ4n) is 1.76. The Balaban J connectivity index is 2.80. The number of nitriles is 1. The maximum atomic E-state index is 13.2. The molecule has 2 nitrogen and oxygen atoms in total. The van der Waals surface area contributed by atoms with Crippen LogP contribution < -0.4 is 0 Å². The molecule has 0 aliphatic rings. The molecule has 0 unspecified atom stereocenters. The third-order valence-corrected chi connectivity index (χ3v) is 2.69. The van der Waals surface area contributed by atoms with Gasteiger partial charge in [-0.3, -0.25) is 0 Å². The van der Waals surface area contributed by atoms with Crippen LogP contribution in [0, 0.1) is 17.1 Å². The lowest BCUT2D eigenvalue weighted by atomic mass is 10.1. The van der Waals surface area contributed by atoms with E-state index in [2.05, 4.69) is 0 Å². The Morgan fingerprint density at radius 2 is 2.25 bits per heavy atom. The second kappa shape index (κ2) is 4.15. The number of fused-ring (bicyclic) bond motifs is 1. The predicted octanol–water partition coefficient (Wildman–Crippen LogP) is 4.05. The second-order valence-corrected chi connectivity index (χ2v) is 3.94. The van der Waals surface area contributed by atoms with Crippen LogP contribution in [0.25, 0.3) is 11.0 Å². The monoisotopic (exact) mass is 237 g/mol. The van der Waals surface area contributed by atoms with Gasteiger partial charge in [-0.05, 0) is 18.6 Å². The summed E-state index contributed by atoms with van der Waals surface area (Å²) in [5.74, 6) is -0.190. The van der Waals surface area contributed by atoms with Crippen molar-refractivity contribution in [2.75, 3.05) is 0 Å². The first kappa shape index (κ1) is 11.0. The predicted molar refractivity (Wildman–Crippen MR) is 59.9 cm³/mol. The van der Waals surface area contributed by atoms with Gasteiger partial charge in [0.05, 0.1) is 5.02 Å². The molecule has 0 aliphatic heterocycles. The number of benzene rings is 1. The summed E-state index contributed by atoms with van der Waals surface area (Å²) in [5.41, 5.74) is 1.13. The number of hydrogen-bond acceptors (Lipinski definition) is 2. The van der Waals surface area contributed by atoms with Gasteiger partial charge >= 0.3 is 0 Å². The molecule has 0 atom stereocenters. The van der Waals surface area contributed by atoms with Crippen molar-refractivity contribution in [2.45, 2.75) is 19.8 Å². The molecule has 0 aliphatic carbocycles. The van der Waals surface area contributed by atoms with E-state index >= 15 is 0 Å². The third-order valence-electron chi connectivity index (χ3n) is 2.41. The summed E-state index contributed by atoms with van der Waals surface area (Å²) in [5, 5.41) is 9.73. The van der Waals surface area contributed by atoms with Crippen LogP contribution in [0.1, 0.15) is 24.7 Å². The Labute approximate surface area is 97.2 Å². The fraction of sp³-hybridized carbons (Fsp3) is 0.250. The SMILES string of the molecule is CCCc1c(C#N)oc2c(Cl)cc(F)cc12. The van der Waals surface area contributed by atoms with Crippen LogP contribution in [0.15, 0.2) is 16.5 Å². The Bertz CT molecular complexity index is 583. The van der Waals surface area contributed by atoms with Gasteiger partial charge in [0.2, 0.25) is 5.76 Å². The van der Waals surface area contributed by atoms with Crippen molar-refractivity contribution >= 4 is 22.6 Å². The lowest BCUT2D eigenvalue weighted by Gasteiger charge is -1.96. The molecule has 2 aromatic rings. The highest BCUT2D eigenvalue weighted by atomic mass is 35.5. The number of aryl methyl sites for hydroxylation is 1. The molecule has 1 heterocycles. The van der Waals surface area contributed by atoms with Gasteiger partial charge in [-0.15, -0.1) is 0 Å². The van der Waals surface area contributed by atoms with Gasteiger partial charge in [0.1, 0.15) is 11.9 Å². The second-order valence-electron chi connectivity index (χ2n) is 3.54. The van der Waals surface area contributed by atoms with Gasteiger partial charge in [0.25, 0.3) is 0 Å². The molecule has 1 aromatic heterocycles. The topological polar surface area (TPSA) is 36.9 Å². The summed E-state index contributed by atoms with van der Waals surface area (Å²) >= 11 is 5.86. The average molecular weight is 238 g/mol. The van der Waals surface area contributed by atoms with Crippen molar-refractivity contribution in [1.82, 2.24) is 0 Å². The summed E-state index contributed by atoms with van der Waals surface area (Å²) in [6.45, 7) is 1.99. The third kappa shape index (κ3) is 1.66. The zero-order valence-electron chi connectivity index (χ0n) is 8.68. The first-order valence-electron chi connectivity index (χ1n) is 4.98. The van der Waals surface area contributed by atoms with E-state index in [0.717, 1.165) is 12.0 Å². The molecule has 2 rings (SSSR count). The van der Waals surface area contributed by atoms with E-state index in [1.807, 2.05) is 13.0 Å². The van der Waals surface area contributed by atoms with Crippen LogP contribution in [0.4, 0.5) is 4.39 Å². The molecule has 82 valence electrons. The summed E-state index contributed by atoms with van der Waals surface area (Å²) in [7, 11) is 0. The van der Waals surface area contributed by atoms with E-state index < -0.39 is 5.82 Å². The van der Waals surface area contributed by atoms with Gasteiger partial charge in [-0.25, -0.2) is 4.39 Å². The molecule has 1 aromatic carbocycles. The Hall–Kier alpha value is -1.53. The van der Waals surface area contributed by atoms with Crippen LogP contribution in [0.2, 0.25) is 5.02 Å². The van der Waals surface area contributed by atoms with Crippen LogP contribution in [-0.4, -0.2) is 0 Å². The van der Waals surface area contributed by atoms with Crippen molar-refractivity contribution in [1.29, 1.82) is 5.26 Å². The molecular weight excluding hydrogens is 229 g/mol. The zero-order valence-corrected chi connectivity index (χ0v) is 9.44. The van der Waals surface area contributed by atoms with E-state index in [4.69, 9.17) is 21.3 Å². The molecule has 0 amide bonds. The molecule has 0 bridgehead atoms. The zero-order chi connectivity index (χ0) is 11.7. The van der Waals surface area contributed by atoms with Crippen LogP contribution >= 0.6 is 11.6 Å². The molecule has 0 radical (unpaired) electrons. The maximum absolute atomic E-state index is 13.2. The van der Waals surface area contributed by atoms with E-state index in [1.54, 1.807) is 0 Å². The molecule has 4 heteroatoms. The van der Waals surface area contributed by atoms with Crippen LogP contribution in [-0.2, 0) is 6.42 Å². The van der Waals surface area contributed by atoms with Crippen molar-refractivity contribution in [3.8, 4) is 6.07 Å². The van der Waals surface area contributed by atoms with E-state index in [0.29, 0.717) is 17.4 Å². The normalized spacial score (nSPS) is 10.6. The molecular formula is C12H9ClFNO. The lowest BCUT2D eigenvalue weighted by Crippen LogP contribution is -1.85. The number of halogens is 2. The average Bonchev–Trinajstić information content (AvgIpc) is 2.58. The summed E-state index contributed by atoms with van der Waals surface area (Å²) in [6, 6.07) is 4.51. The van der Waals surface area contributed by atoms with E-state index in [-0.39, 0.29) is 10.8 Å². The first-order valence-corrected chi connectivity index (χ1v) is 5.35. The standard InChI is InChI=1S/C12H9ClFNO/c1-2-3-8-9-4-7(14)5-10(13)12(9)16-11(8)6-15/h4-5H,2-3H2,1H3. The van der Waals surface area contributed by atoms with E-state index in [1.165, 1.54) is 12.1 Å². The quantitative estimate of drug-likeness (QED) is 0.790. The van der Waals surface area contributed by atoms with Crippen molar-refractivity contribution in [2.24, 2.45) is 0 Å². The minimum Gasteiger partial charge on any atom is -0.444 e. The highest BCUT2D eigenvalue weighted by molar-refractivity contribution is 6.35. The minimum atomic E-state index is -0.417. The lowest BCUT2D eigenvalue weighted by molar-refractivity contribution is 0.590. The largest absolute Gasteiger partial charge is 0.444 e. The van der Waals surface area contributed by atoms with Gasteiger partial charge in [0.15, 0.2) is 5.58 Å². The van der Waals surface area contributed by atoms with Gasteiger partial charge in [-0.1, -0.05) is 24.9 Å². The van der Waals surface area contributed by atoms with Gasteiger partial charge in [-0.2, -0.15) is 5.26 Å². The number of rotatable bonds is 2. The van der Waals surface area contributed by atoms with Crippen molar-refractivity contribution < 1.29 is 8.81 Å². The molecule has 0 saturated heterocycles. The highest BCUT2D eigenvalue weighted by Gasteiger charge is 2.16. The fourth-order valence-corrected chi connectivity index (χ4v) is 2.01. The number of furan rings is 1. The highest BCUT2D eigenvalue weighted by Crippen LogP contribution is 2.32. The molecule has 0 spiro atoms. The number of nitrogens with zero attached hydrogens (tertiary/aromatic N) is 1. The maximum Gasteiger partial charge on any atom is 0.208 e. The molecule has 0 saturated carbocycles. The first-order chi connectivity index (χ1) is 7.67. The summed E-state index contributed by atoms with van der Waals surface area (Å²) < 4.78 is 18.5.